The van der Waals surface area contributed by atoms with E-state index >= 15 is 0 Å². The van der Waals surface area contributed by atoms with Gasteiger partial charge >= 0.3 is 0 Å². The van der Waals surface area contributed by atoms with Crippen molar-refractivity contribution >= 4 is 49.1 Å². The molecule has 1 N–H and O–H groups in total. The SMILES string of the molecule is CCc1ccc(OCCNC(=O)c2ccc(CN(c3ccc(Br)c(Cl)c3)S(C)(=O)=O)cc2)cc1. The fraction of sp³-hybridized carbons (Fsp3) is 0.240. The van der Waals surface area contributed by atoms with Crippen molar-refractivity contribution in [1.82, 2.24) is 5.32 Å². The average Bonchev–Trinajstić information content (AvgIpc) is 2.82. The van der Waals surface area contributed by atoms with Crippen LogP contribution in [0.3, 0.4) is 0 Å². The molecule has 0 radical (unpaired) electrons. The lowest BCUT2D eigenvalue weighted by atomic mass is 10.1. The summed E-state index contributed by atoms with van der Waals surface area (Å²) in [6, 6.07) is 19.7. The molecule has 34 heavy (non-hydrogen) atoms. The number of amides is 1. The Morgan fingerprint density at radius 2 is 1.68 bits per heavy atom. The van der Waals surface area contributed by atoms with Crippen LogP contribution >= 0.6 is 27.5 Å². The molecule has 9 heteroatoms. The van der Waals surface area contributed by atoms with Gasteiger partial charge in [0.2, 0.25) is 10.0 Å². The summed E-state index contributed by atoms with van der Waals surface area (Å²) in [5.74, 6) is 0.537. The molecule has 6 nitrogen and oxygen atoms in total. The lowest BCUT2D eigenvalue weighted by Gasteiger charge is -2.23. The molecule has 3 aromatic rings. The monoisotopic (exact) mass is 564 g/mol. The Kier molecular flexibility index (Phi) is 8.99. The summed E-state index contributed by atoms with van der Waals surface area (Å²) in [4.78, 5) is 12.4. The summed E-state index contributed by atoms with van der Waals surface area (Å²) in [5.41, 5.74) is 2.92. The van der Waals surface area contributed by atoms with E-state index in [4.69, 9.17) is 16.3 Å². The van der Waals surface area contributed by atoms with Gasteiger partial charge in [-0.25, -0.2) is 8.42 Å². The van der Waals surface area contributed by atoms with Gasteiger partial charge in [-0.1, -0.05) is 42.8 Å². The standard InChI is InChI=1S/C25H26BrClN2O4S/c1-3-18-6-11-22(12-7-18)33-15-14-28-25(30)20-8-4-19(5-9-20)17-29(34(2,31)32)21-10-13-23(26)24(27)16-21/h4-13,16H,3,14-15,17H2,1-2H3,(H,28,30). The van der Waals surface area contributed by atoms with Gasteiger partial charge in [0, 0.05) is 10.0 Å². The zero-order valence-corrected chi connectivity index (χ0v) is 22.1. The molecule has 180 valence electrons. The van der Waals surface area contributed by atoms with E-state index in [9.17, 15) is 13.2 Å². The Morgan fingerprint density at radius 1 is 1.03 bits per heavy atom. The second-order valence-electron chi connectivity index (χ2n) is 7.67. The summed E-state index contributed by atoms with van der Waals surface area (Å²) in [7, 11) is -3.55. The van der Waals surface area contributed by atoms with E-state index in [1.807, 2.05) is 24.3 Å². The first-order valence-corrected chi connectivity index (χ1v) is 13.7. The molecular formula is C25H26BrClN2O4S. The van der Waals surface area contributed by atoms with Gasteiger partial charge in [0.25, 0.3) is 5.91 Å². The molecule has 0 aromatic heterocycles. The molecule has 0 heterocycles. The molecule has 0 fully saturated rings. The van der Waals surface area contributed by atoms with Crippen molar-refractivity contribution in [2.45, 2.75) is 19.9 Å². The lowest BCUT2D eigenvalue weighted by Crippen LogP contribution is -2.29. The summed E-state index contributed by atoms with van der Waals surface area (Å²) in [6.07, 6.45) is 2.12. The van der Waals surface area contributed by atoms with Crippen molar-refractivity contribution in [3.05, 3.63) is 92.9 Å². The number of carbonyl (C=O) groups is 1. The second-order valence-corrected chi connectivity index (χ2v) is 10.8. The van der Waals surface area contributed by atoms with Gasteiger partial charge in [0.1, 0.15) is 12.4 Å². The van der Waals surface area contributed by atoms with Crippen molar-refractivity contribution in [3.63, 3.8) is 0 Å². The van der Waals surface area contributed by atoms with Gasteiger partial charge in [-0.2, -0.15) is 0 Å². The number of sulfonamides is 1. The van der Waals surface area contributed by atoms with Crippen LogP contribution in [-0.2, 0) is 23.0 Å². The summed E-state index contributed by atoms with van der Waals surface area (Å²) >= 11 is 9.46. The lowest BCUT2D eigenvalue weighted by molar-refractivity contribution is 0.0947. The Morgan fingerprint density at radius 3 is 2.26 bits per heavy atom. The molecule has 0 saturated carbocycles. The predicted molar refractivity (Wildman–Crippen MR) is 140 cm³/mol. The number of hydrogen-bond acceptors (Lipinski definition) is 4. The normalized spacial score (nSPS) is 11.2. The largest absolute Gasteiger partial charge is 0.492 e. The van der Waals surface area contributed by atoms with E-state index in [0.29, 0.717) is 33.9 Å². The zero-order chi connectivity index (χ0) is 24.7. The first-order chi connectivity index (χ1) is 16.2. The number of rotatable bonds is 10. The van der Waals surface area contributed by atoms with E-state index in [1.54, 1.807) is 42.5 Å². The third-order valence-corrected chi connectivity index (χ3v) is 7.49. The molecule has 0 spiro atoms. The number of nitrogens with zero attached hydrogens (tertiary/aromatic N) is 1. The van der Waals surface area contributed by atoms with Crippen LogP contribution in [0.5, 0.6) is 5.75 Å². The zero-order valence-electron chi connectivity index (χ0n) is 18.9. The Labute approximate surface area is 214 Å². The number of benzene rings is 3. The highest BCUT2D eigenvalue weighted by Crippen LogP contribution is 2.29. The highest BCUT2D eigenvalue weighted by molar-refractivity contribution is 9.10. The summed E-state index contributed by atoms with van der Waals surface area (Å²) in [6.45, 7) is 2.93. The third kappa shape index (κ3) is 7.22. The maximum absolute atomic E-state index is 12.4. The van der Waals surface area contributed by atoms with Crippen LogP contribution in [0.4, 0.5) is 5.69 Å². The Bertz CT molecular complexity index is 1230. The molecule has 0 aliphatic carbocycles. The number of nitrogens with one attached hydrogen (secondary N) is 1. The number of aryl methyl sites for hydroxylation is 1. The molecule has 1 amide bonds. The molecule has 0 atom stereocenters. The Balaban J connectivity index is 1.57. The number of halogens is 2. The summed E-state index contributed by atoms with van der Waals surface area (Å²) < 4.78 is 32.4. The van der Waals surface area contributed by atoms with Crippen LogP contribution in [0, 0.1) is 0 Å². The highest BCUT2D eigenvalue weighted by atomic mass is 79.9. The fourth-order valence-corrected chi connectivity index (χ4v) is 4.53. The van der Waals surface area contributed by atoms with Gasteiger partial charge in [-0.3, -0.25) is 9.10 Å². The van der Waals surface area contributed by atoms with E-state index < -0.39 is 10.0 Å². The topological polar surface area (TPSA) is 75.7 Å². The number of carbonyl (C=O) groups excluding carboxylic acids is 1. The number of hydrogen-bond donors (Lipinski definition) is 1. The van der Waals surface area contributed by atoms with Crippen molar-refractivity contribution in [1.29, 1.82) is 0 Å². The predicted octanol–water partition coefficient (Wildman–Crippen LogP) is 5.44. The average molecular weight is 566 g/mol. The van der Waals surface area contributed by atoms with Crippen LogP contribution in [0.1, 0.15) is 28.4 Å². The number of anilines is 1. The van der Waals surface area contributed by atoms with Crippen molar-refractivity contribution in [3.8, 4) is 5.75 Å². The first kappa shape index (κ1) is 26.1. The molecule has 3 aromatic carbocycles. The molecule has 3 rings (SSSR count). The van der Waals surface area contributed by atoms with Crippen LogP contribution in [-0.4, -0.2) is 33.7 Å². The molecule has 0 aliphatic rings. The van der Waals surface area contributed by atoms with E-state index in [2.05, 4.69) is 28.2 Å². The van der Waals surface area contributed by atoms with Crippen LogP contribution in [0.15, 0.2) is 71.2 Å². The minimum Gasteiger partial charge on any atom is -0.492 e. The summed E-state index contributed by atoms with van der Waals surface area (Å²) in [5, 5.41) is 3.24. The van der Waals surface area contributed by atoms with Crippen molar-refractivity contribution in [2.24, 2.45) is 0 Å². The van der Waals surface area contributed by atoms with Crippen LogP contribution < -0.4 is 14.4 Å². The van der Waals surface area contributed by atoms with Gasteiger partial charge in [-0.05, 0) is 75.9 Å². The van der Waals surface area contributed by atoms with Crippen molar-refractivity contribution in [2.75, 3.05) is 23.7 Å². The third-order valence-electron chi connectivity index (χ3n) is 5.12. The molecule has 0 aliphatic heterocycles. The Hall–Kier alpha value is -2.55. The maximum Gasteiger partial charge on any atom is 0.251 e. The van der Waals surface area contributed by atoms with Gasteiger partial charge < -0.3 is 10.1 Å². The van der Waals surface area contributed by atoms with E-state index in [0.717, 1.165) is 24.0 Å². The van der Waals surface area contributed by atoms with Gasteiger partial charge in [-0.15, -0.1) is 0 Å². The minimum absolute atomic E-state index is 0.114. The van der Waals surface area contributed by atoms with Gasteiger partial charge in [0.05, 0.1) is 30.1 Å². The number of ether oxygens (including phenoxy) is 1. The molecule has 0 unspecified atom stereocenters. The van der Waals surface area contributed by atoms with E-state index in [1.165, 1.54) is 9.87 Å². The quantitative estimate of drug-likeness (QED) is 0.332. The first-order valence-electron chi connectivity index (χ1n) is 10.7. The smallest absolute Gasteiger partial charge is 0.251 e. The van der Waals surface area contributed by atoms with Crippen molar-refractivity contribution < 1.29 is 17.9 Å². The second kappa shape index (κ2) is 11.7. The highest BCUT2D eigenvalue weighted by Gasteiger charge is 2.19. The van der Waals surface area contributed by atoms with E-state index in [-0.39, 0.29) is 12.5 Å². The van der Waals surface area contributed by atoms with Crippen LogP contribution in [0.2, 0.25) is 5.02 Å². The maximum atomic E-state index is 12.4. The van der Waals surface area contributed by atoms with Gasteiger partial charge in [0.15, 0.2) is 0 Å². The minimum atomic E-state index is -3.55. The fourth-order valence-electron chi connectivity index (χ4n) is 3.22. The molecule has 0 bridgehead atoms. The molecular weight excluding hydrogens is 540 g/mol. The van der Waals surface area contributed by atoms with Crippen LogP contribution in [0.25, 0.3) is 0 Å². The molecule has 0 saturated heterocycles.